The number of hydrogen-bond acceptors (Lipinski definition) is 5. The van der Waals surface area contributed by atoms with Gasteiger partial charge in [-0.1, -0.05) is 30.3 Å². The van der Waals surface area contributed by atoms with Gasteiger partial charge in [-0.25, -0.2) is 5.43 Å². The van der Waals surface area contributed by atoms with Gasteiger partial charge in [0, 0.05) is 26.3 Å². The molecule has 6 heteroatoms. The van der Waals surface area contributed by atoms with Crippen molar-refractivity contribution in [3.05, 3.63) is 53.8 Å². The molecule has 2 heterocycles. The van der Waals surface area contributed by atoms with E-state index < -0.39 is 6.10 Å². The highest BCUT2D eigenvalue weighted by Gasteiger charge is 2.19. The van der Waals surface area contributed by atoms with Crippen LogP contribution in [0.15, 0.2) is 52.0 Å². The fraction of sp³-hybridized carbons (Fsp3) is 0.368. The van der Waals surface area contributed by atoms with E-state index in [-0.39, 0.29) is 5.91 Å². The van der Waals surface area contributed by atoms with E-state index in [2.05, 4.69) is 15.4 Å². The molecule has 0 radical (unpaired) electrons. The standard InChI is InChI=1S/C19H23N3O3/c1-24-18(15-8-4-2-5-9-15)19(23)21-20-14-16-10-11-17(25-16)22-12-6-3-7-13-22/h2,4-5,8-11,14,18H,3,6-7,12-13H2,1H3,(H,21,23)/b20-14-/t18-/m0/s1. The van der Waals surface area contributed by atoms with Gasteiger partial charge in [0.2, 0.25) is 0 Å². The van der Waals surface area contributed by atoms with Gasteiger partial charge in [-0.15, -0.1) is 0 Å². The number of piperidine rings is 1. The molecule has 1 fully saturated rings. The maximum absolute atomic E-state index is 12.2. The Hall–Kier alpha value is -2.60. The van der Waals surface area contributed by atoms with E-state index in [1.807, 2.05) is 42.5 Å². The Kier molecular flexibility index (Phi) is 5.85. The SMILES string of the molecule is CO[C@H](C(=O)N/N=C\c1ccc(N2CCCCC2)o1)c1ccccc1. The number of furan rings is 1. The maximum atomic E-state index is 12.2. The molecule has 0 aliphatic carbocycles. The first-order valence-corrected chi connectivity index (χ1v) is 8.53. The van der Waals surface area contributed by atoms with Crippen LogP contribution < -0.4 is 10.3 Å². The van der Waals surface area contributed by atoms with Crippen molar-refractivity contribution in [1.82, 2.24) is 5.43 Å². The number of anilines is 1. The smallest absolute Gasteiger partial charge is 0.273 e. The van der Waals surface area contributed by atoms with E-state index in [4.69, 9.17) is 9.15 Å². The summed E-state index contributed by atoms with van der Waals surface area (Å²) in [6.45, 7) is 2.04. The van der Waals surface area contributed by atoms with Crippen molar-refractivity contribution in [3.8, 4) is 0 Å². The second-order valence-electron chi connectivity index (χ2n) is 5.98. The van der Waals surface area contributed by atoms with Crippen molar-refractivity contribution in [2.24, 2.45) is 5.10 Å². The number of rotatable bonds is 6. The van der Waals surface area contributed by atoms with Crippen LogP contribution >= 0.6 is 0 Å². The number of amides is 1. The van der Waals surface area contributed by atoms with Gasteiger partial charge in [0.05, 0.1) is 6.21 Å². The predicted octanol–water partition coefficient (Wildman–Crippen LogP) is 3.11. The lowest BCUT2D eigenvalue weighted by Gasteiger charge is -2.25. The van der Waals surface area contributed by atoms with E-state index in [0.29, 0.717) is 5.76 Å². The van der Waals surface area contributed by atoms with Gasteiger partial charge in [0.15, 0.2) is 12.0 Å². The zero-order valence-corrected chi connectivity index (χ0v) is 14.4. The van der Waals surface area contributed by atoms with Gasteiger partial charge in [-0.2, -0.15) is 5.10 Å². The third-order valence-electron chi connectivity index (χ3n) is 4.22. The molecular formula is C19H23N3O3. The second kappa shape index (κ2) is 8.48. The van der Waals surface area contributed by atoms with Crippen LogP contribution in [0.25, 0.3) is 0 Å². The fourth-order valence-corrected chi connectivity index (χ4v) is 2.94. The Morgan fingerprint density at radius 3 is 2.68 bits per heavy atom. The van der Waals surface area contributed by atoms with Crippen LogP contribution in [0.5, 0.6) is 0 Å². The number of nitrogens with one attached hydrogen (secondary N) is 1. The van der Waals surface area contributed by atoms with Crippen LogP contribution in [0.3, 0.4) is 0 Å². The molecule has 132 valence electrons. The lowest BCUT2D eigenvalue weighted by molar-refractivity contribution is -0.131. The molecule has 0 spiro atoms. The zero-order valence-electron chi connectivity index (χ0n) is 14.4. The normalized spacial score (nSPS) is 16.1. The molecule has 0 unspecified atom stereocenters. The molecule has 0 bridgehead atoms. The van der Waals surface area contributed by atoms with Gasteiger partial charge in [0.1, 0.15) is 5.76 Å². The number of nitrogens with zero attached hydrogens (tertiary/aromatic N) is 2. The Bertz CT molecular complexity index is 706. The number of ether oxygens (including phenoxy) is 1. The molecule has 1 atom stereocenters. The summed E-state index contributed by atoms with van der Waals surface area (Å²) in [7, 11) is 1.50. The molecule has 1 saturated heterocycles. The Labute approximate surface area is 147 Å². The van der Waals surface area contributed by atoms with Crippen molar-refractivity contribution >= 4 is 18.0 Å². The van der Waals surface area contributed by atoms with Crippen molar-refractivity contribution in [1.29, 1.82) is 0 Å². The van der Waals surface area contributed by atoms with Crippen LogP contribution in [0.4, 0.5) is 5.88 Å². The average molecular weight is 341 g/mol. The Morgan fingerprint density at radius 2 is 1.96 bits per heavy atom. The van der Waals surface area contributed by atoms with Gasteiger partial charge in [-0.3, -0.25) is 4.79 Å². The highest BCUT2D eigenvalue weighted by atomic mass is 16.5. The number of carbonyl (C=O) groups excluding carboxylic acids is 1. The molecule has 1 aliphatic rings. The first kappa shape index (κ1) is 17.2. The van der Waals surface area contributed by atoms with E-state index in [1.165, 1.54) is 32.6 Å². The summed E-state index contributed by atoms with van der Waals surface area (Å²) in [6.07, 6.45) is 4.47. The van der Waals surface area contributed by atoms with E-state index in [0.717, 1.165) is 24.5 Å². The molecule has 1 aliphatic heterocycles. The fourth-order valence-electron chi connectivity index (χ4n) is 2.94. The minimum atomic E-state index is -0.695. The Morgan fingerprint density at radius 1 is 1.20 bits per heavy atom. The van der Waals surface area contributed by atoms with Crippen molar-refractivity contribution in [2.75, 3.05) is 25.1 Å². The molecular weight excluding hydrogens is 318 g/mol. The lowest BCUT2D eigenvalue weighted by Crippen LogP contribution is -2.28. The third kappa shape index (κ3) is 4.48. The molecule has 3 rings (SSSR count). The molecule has 1 N–H and O–H groups in total. The van der Waals surface area contributed by atoms with Gasteiger partial charge >= 0.3 is 0 Å². The number of carbonyl (C=O) groups is 1. The summed E-state index contributed by atoms with van der Waals surface area (Å²) in [4.78, 5) is 14.5. The molecule has 1 aromatic heterocycles. The van der Waals surface area contributed by atoms with Gasteiger partial charge < -0.3 is 14.1 Å². The number of hydrogen-bond donors (Lipinski definition) is 1. The average Bonchev–Trinajstić information content (AvgIpc) is 3.13. The van der Waals surface area contributed by atoms with E-state index >= 15 is 0 Å². The maximum Gasteiger partial charge on any atom is 0.273 e. The monoisotopic (exact) mass is 341 g/mol. The summed E-state index contributed by atoms with van der Waals surface area (Å²) in [5, 5.41) is 3.98. The van der Waals surface area contributed by atoms with E-state index in [9.17, 15) is 4.79 Å². The van der Waals surface area contributed by atoms with Crippen LogP contribution in [0.1, 0.15) is 36.7 Å². The predicted molar refractivity (Wildman–Crippen MR) is 96.7 cm³/mol. The topological polar surface area (TPSA) is 67.1 Å². The van der Waals surface area contributed by atoms with Crippen LogP contribution in [0.2, 0.25) is 0 Å². The number of methoxy groups -OCH3 is 1. The molecule has 1 aromatic carbocycles. The number of benzene rings is 1. The summed E-state index contributed by atoms with van der Waals surface area (Å²) >= 11 is 0. The van der Waals surface area contributed by atoms with Crippen LogP contribution in [0, 0.1) is 0 Å². The van der Waals surface area contributed by atoms with Crippen molar-refractivity contribution < 1.29 is 13.9 Å². The van der Waals surface area contributed by atoms with Crippen molar-refractivity contribution in [2.45, 2.75) is 25.4 Å². The molecule has 2 aromatic rings. The van der Waals surface area contributed by atoms with E-state index in [1.54, 1.807) is 0 Å². The minimum absolute atomic E-state index is 0.326. The number of hydrazone groups is 1. The molecule has 25 heavy (non-hydrogen) atoms. The summed E-state index contributed by atoms with van der Waals surface area (Å²) in [5.74, 6) is 1.13. The Balaban J connectivity index is 1.57. The second-order valence-corrected chi connectivity index (χ2v) is 5.98. The third-order valence-corrected chi connectivity index (χ3v) is 4.22. The zero-order chi connectivity index (χ0) is 17.5. The quantitative estimate of drug-likeness (QED) is 0.647. The largest absolute Gasteiger partial charge is 0.440 e. The highest BCUT2D eigenvalue weighted by Crippen LogP contribution is 2.21. The van der Waals surface area contributed by atoms with Crippen LogP contribution in [-0.4, -0.2) is 32.3 Å². The van der Waals surface area contributed by atoms with Crippen molar-refractivity contribution in [3.63, 3.8) is 0 Å². The minimum Gasteiger partial charge on any atom is -0.440 e. The lowest BCUT2D eigenvalue weighted by atomic mass is 10.1. The van der Waals surface area contributed by atoms with Gasteiger partial charge in [-0.05, 0) is 30.9 Å². The first-order chi connectivity index (χ1) is 12.3. The molecule has 1 amide bonds. The van der Waals surface area contributed by atoms with Gasteiger partial charge in [0.25, 0.3) is 5.91 Å². The van der Waals surface area contributed by atoms with Crippen LogP contribution in [-0.2, 0) is 9.53 Å². The molecule has 0 saturated carbocycles. The molecule has 6 nitrogen and oxygen atoms in total. The summed E-state index contributed by atoms with van der Waals surface area (Å²) < 4.78 is 11.0. The summed E-state index contributed by atoms with van der Waals surface area (Å²) in [5.41, 5.74) is 3.28. The highest BCUT2D eigenvalue weighted by molar-refractivity contribution is 5.84. The summed E-state index contributed by atoms with van der Waals surface area (Å²) in [6, 6.07) is 13.1. The first-order valence-electron chi connectivity index (χ1n) is 8.53.